The minimum Gasteiger partial charge on any atom is -0.496 e. The number of carboxylic acids is 1. The average molecular weight is 238 g/mol. The van der Waals surface area contributed by atoms with E-state index in [1.165, 1.54) is 13.2 Å². The Kier molecular flexibility index (Phi) is 4.52. The third-order valence-corrected chi connectivity index (χ3v) is 2.71. The third kappa shape index (κ3) is 3.46. The molecule has 0 aliphatic rings. The number of hydrogen-bond donors (Lipinski definition) is 2. The summed E-state index contributed by atoms with van der Waals surface area (Å²) in [4.78, 5) is 10.9. The first kappa shape index (κ1) is 13.5. The van der Waals surface area contributed by atoms with Crippen molar-refractivity contribution in [1.82, 2.24) is 0 Å². The Labute approximate surface area is 101 Å². The zero-order chi connectivity index (χ0) is 13.0. The van der Waals surface area contributed by atoms with Crippen LogP contribution in [0.1, 0.15) is 34.8 Å². The zero-order valence-electron chi connectivity index (χ0n) is 10.4. The molecule has 0 saturated heterocycles. The highest BCUT2D eigenvalue weighted by molar-refractivity contribution is 5.88. The predicted octanol–water partition coefficient (Wildman–Crippen LogP) is 2.02. The highest BCUT2D eigenvalue weighted by Gasteiger charge is 2.13. The van der Waals surface area contributed by atoms with Gasteiger partial charge in [0.1, 0.15) is 5.75 Å². The van der Waals surface area contributed by atoms with Gasteiger partial charge in [-0.05, 0) is 49.9 Å². The number of ether oxygens (including phenoxy) is 1. The second kappa shape index (κ2) is 5.68. The number of aromatic carboxylic acids is 1. The Balaban J connectivity index is 3.07. The standard InChI is InChI=1S/C13H18O4/c1-8-6-10(13(15)16)7-12(17-3)11(8)5-4-9(2)14/h6-7,9,14H,4-5H2,1-3H3,(H,15,16). The van der Waals surface area contributed by atoms with E-state index < -0.39 is 5.97 Å². The highest BCUT2D eigenvalue weighted by Crippen LogP contribution is 2.26. The molecule has 0 amide bonds. The molecule has 94 valence electrons. The van der Waals surface area contributed by atoms with E-state index in [0.717, 1.165) is 11.1 Å². The molecule has 1 unspecified atom stereocenters. The molecule has 0 saturated carbocycles. The largest absolute Gasteiger partial charge is 0.496 e. The molecule has 0 aromatic heterocycles. The molecule has 1 rings (SSSR count). The summed E-state index contributed by atoms with van der Waals surface area (Å²) in [6, 6.07) is 3.15. The molecule has 1 atom stereocenters. The van der Waals surface area contributed by atoms with Gasteiger partial charge in [-0.1, -0.05) is 0 Å². The zero-order valence-corrected chi connectivity index (χ0v) is 10.4. The smallest absolute Gasteiger partial charge is 0.335 e. The highest BCUT2D eigenvalue weighted by atomic mass is 16.5. The molecule has 1 aromatic rings. The van der Waals surface area contributed by atoms with Crippen molar-refractivity contribution in [3.63, 3.8) is 0 Å². The molecule has 0 radical (unpaired) electrons. The van der Waals surface area contributed by atoms with Crippen LogP contribution in [0.25, 0.3) is 0 Å². The van der Waals surface area contributed by atoms with E-state index in [9.17, 15) is 9.90 Å². The van der Waals surface area contributed by atoms with Crippen LogP contribution in [-0.4, -0.2) is 29.4 Å². The number of rotatable bonds is 5. The fourth-order valence-electron chi connectivity index (χ4n) is 1.76. The molecular weight excluding hydrogens is 220 g/mol. The molecule has 0 spiro atoms. The van der Waals surface area contributed by atoms with Gasteiger partial charge in [0.15, 0.2) is 0 Å². The lowest BCUT2D eigenvalue weighted by atomic mass is 9.98. The predicted molar refractivity (Wildman–Crippen MR) is 64.7 cm³/mol. The van der Waals surface area contributed by atoms with Gasteiger partial charge in [0.2, 0.25) is 0 Å². The molecule has 0 aliphatic heterocycles. The first-order valence-electron chi connectivity index (χ1n) is 5.54. The van der Waals surface area contributed by atoms with Crippen molar-refractivity contribution in [2.75, 3.05) is 7.11 Å². The van der Waals surface area contributed by atoms with E-state index in [1.54, 1.807) is 13.0 Å². The van der Waals surface area contributed by atoms with Crippen LogP contribution in [0.5, 0.6) is 5.75 Å². The summed E-state index contributed by atoms with van der Waals surface area (Å²) < 4.78 is 5.20. The van der Waals surface area contributed by atoms with E-state index in [4.69, 9.17) is 9.84 Å². The van der Waals surface area contributed by atoms with Crippen molar-refractivity contribution in [1.29, 1.82) is 0 Å². The number of carboxylic acid groups (broad SMARTS) is 1. The average Bonchev–Trinajstić information content (AvgIpc) is 2.25. The summed E-state index contributed by atoms with van der Waals surface area (Å²) in [6.45, 7) is 3.58. The number of aliphatic hydroxyl groups excluding tert-OH is 1. The minimum absolute atomic E-state index is 0.222. The quantitative estimate of drug-likeness (QED) is 0.823. The summed E-state index contributed by atoms with van der Waals surface area (Å²) in [5.41, 5.74) is 2.06. The fraction of sp³-hybridized carbons (Fsp3) is 0.462. The van der Waals surface area contributed by atoms with Gasteiger partial charge in [0.25, 0.3) is 0 Å². The number of aryl methyl sites for hydroxylation is 1. The number of carbonyl (C=O) groups is 1. The van der Waals surface area contributed by atoms with Crippen LogP contribution >= 0.6 is 0 Å². The lowest BCUT2D eigenvalue weighted by Gasteiger charge is -2.13. The Hall–Kier alpha value is -1.55. The van der Waals surface area contributed by atoms with Crippen molar-refractivity contribution in [2.24, 2.45) is 0 Å². The third-order valence-electron chi connectivity index (χ3n) is 2.71. The number of benzene rings is 1. The monoisotopic (exact) mass is 238 g/mol. The van der Waals surface area contributed by atoms with Crippen LogP contribution in [0, 0.1) is 6.92 Å². The molecule has 0 bridgehead atoms. The SMILES string of the molecule is COc1cc(C(=O)O)cc(C)c1CCC(C)O. The van der Waals surface area contributed by atoms with Gasteiger partial charge in [0.05, 0.1) is 18.8 Å². The van der Waals surface area contributed by atoms with Crippen molar-refractivity contribution in [2.45, 2.75) is 32.8 Å². The van der Waals surface area contributed by atoms with Gasteiger partial charge in [-0.2, -0.15) is 0 Å². The van der Waals surface area contributed by atoms with Crippen LogP contribution in [0.2, 0.25) is 0 Å². The maximum Gasteiger partial charge on any atom is 0.335 e. The van der Waals surface area contributed by atoms with Crippen LogP contribution in [-0.2, 0) is 6.42 Å². The second-order valence-electron chi connectivity index (χ2n) is 4.17. The van der Waals surface area contributed by atoms with Crippen LogP contribution in [0.15, 0.2) is 12.1 Å². The molecule has 17 heavy (non-hydrogen) atoms. The second-order valence-corrected chi connectivity index (χ2v) is 4.17. The van der Waals surface area contributed by atoms with E-state index in [1.807, 2.05) is 6.92 Å². The van der Waals surface area contributed by atoms with Gasteiger partial charge in [0, 0.05) is 0 Å². The topological polar surface area (TPSA) is 66.8 Å². The van der Waals surface area contributed by atoms with Crippen LogP contribution < -0.4 is 4.74 Å². The minimum atomic E-state index is -0.964. The molecule has 0 fully saturated rings. The molecule has 4 heteroatoms. The van der Waals surface area contributed by atoms with Crippen LogP contribution in [0.3, 0.4) is 0 Å². The molecule has 4 nitrogen and oxygen atoms in total. The first-order chi connectivity index (χ1) is 7.95. The molecule has 0 heterocycles. The Morgan fingerprint density at radius 2 is 2.12 bits per heavy atom. The summed E-state index contributed by atoms with van der Waals surface area (Å²) in [5, 5.41) is 18.2. The van der Waals surface area contributed by atoms with Crippen molar-refractivity contribution in [3.05, 3.63) is 28.8 Å². The number of hydrogen-bond acceptors (Lipinski definition) is 3. The lowest BCUT2D eigenvalue weighted by Crippen LogP contribution is -2.06. The molecular formula is C13H18O4. The lowest BCUT2D eigenvalue weighted by molar-refractivity contribution is 0.0696. The normalized spacial score (nSPS) is 12.2. The maximum atomic E-state index is 10.9. The van der Waals surface area contributed by atoms with Crippen molar-refractivity contribution >= 4 is 5.97 Å². The van der Waals surface area contributed by atoms with Gasteiger partial charge in [-0.3, -0.25) is 0 Å². The molecule has 0 aliphatic carbocycles. The number of aliphatic hydroxyl groups is 1. The molecule has 1 aromatic carbocycles. The Bertz CT molecular complexity index is 410. The van der Waals surface area contributed by atoms with Crippen molar-refractivity contribution in [3.8, 4) is 5.75 Å². The summed E-state index contributed by atoms with van der Waals surface area (Å²) in [5.74, 6) is -0.392. The Morgan fingerprint density at radius 1 is 1.47 bits per heavy atom. The Morgan fingerprint density at radius 3 is 2.59 bits per heavy atom. The first-order valence-corrected chi connectivity index (χ1v) is 5.54. The van der Waals surface area contributed by atoms with E-state index in [0.29, 0.717) is 18.6 Å². The summed E-state index contributed by atoms with van der Waals surface area (Å²) >= 11 is 0. The van der Waals surface area contributed by atoms with Crippen molar-refractivity contribution < 1.29 is 19.7 Å². The van der Waals surface area contributed by atoms with E-state index in [2.05, 4.69) is 0 Å². The van der Waals surface area contributed by atoms with Gasteiger partial charge < -0.3 is 14.9 Å². The fourth-order valence-corrected chi connectivity index (χ4v) is 1.76. The van der Waals surface area contributed by atoms with Gasteiger partial charge in [-0.15, -0.1) is 0 Å². The maximum absolute atomic E-state index is 10.9. The summed E-state index contributed by atoms with van der Waals surface area (Å²) in [7, 11) is 1.52. The number of methoxy groups -OCH3 is 1. The van der Waals surface area contributed by atoms with Crippen LogP contribution in [0.4, 0.5) is 0 Å². The van der Waals surface area contributed by atoms with E-state index in [-0.39, 0.29) is 11.7 Å². The summed E-state index contributed by atoms with van der Waals surface area (Å²) in [6.07, 6.45) is 0.925. The van der Waals surface area contributed by atoms with E-state index >= 15 is 0 Å². The van der Waals surface area contributed by atoms with Gasteiger partial charge >= 0.3 is 5.97 Å². The molecule has 2 N–H and O–H groups in total. The van der Waals surface area contributed by atoms with Gasteiger partial charge in [-0.25, -0.2) is 4.79 Å².